The molecule has 2 aromatic rings. The van der Waals surface area contributed by atoms with E-state index in [2.05, 4.69) is 17.1 Å². The monoisotopic (exact) mass is 502 g/mol. The van der Waals surface area contributed by atoms with Gasteiger partial charge in [0.15, 0.2) is 3.95 Å². The molecule has 3 fully saturated rings. The summed E-state index contributed by atoms with van der Waals surface area (Å²) in [5, 5.41) is 1.30. The van der Waals surface area contributed by atoms with Gasteiger partial charge in [0.25, 0.3) is 0 Å². The molecule has 7 unspecified atom stereocenters. The molecule has 7 nitrogen and oxygen atoms in total. The number of esters is 1. The maximum Gasteiger partial charge on any atom is 0.325 e. The lowest BCUT2D eigenvalue weighted by molar-refractivity contribution is -0.151. The largest absolute Gasteiger partial charge is 0.497 e. The van der Waals surface area contributed by atoms with E-state index in [1.54, 1.807) is 30.2 Å². The zero-order chi connectivity index (χ0) is 23.0. The van der Waals surface area contributed by atoms with Crippen molar-refractivity contribution in [2.24, 2.45) is 29.6 Å². The average Bonchev–Trinajstić information content (AvgIpc) is 3.54. The molecule has 4 aliphatic rings. The Balaban J connectivity index is 1.41. The van der Waals surface area contributed by atoms with Gasteiger partial charge in [0, 0.05) is 16.0 Å². The van der Waals surface area contributed by atoms with Crippen molar-refractivity contribution in [2.75, 3.05) is 20.8 Å². The Morgan fingerprint density at radius 3 is 2.52 bits per heavy atom. The number of likely N-dealkylation sites (tertiary alicyclic amines) is 1. The summed E-state index contributed by atoms with van der Waals surface area (Å²) in [6.45, 7) is -0.300. The number of carbonyl (C=O) groups is 3. The van der Waals surface area contributed by atoms with Crippen molar-refractivity contribution < 1.29 is 23.9 Å². The van der Waals surface area contributed by atoms with E-state index in [0.717, 1.165) is 26.1 Å². The summed E-state index contributed by atoms with van der Waals surface area (Å²) < 4.78 is 10.8. The lowest BCUT2D eigenvalue weighted by atomic mass is 9.68. The fraction of sp³-hybridized carbons (Fsp3) is 0.478. The highest BCUT2D eigenvalue weighted by Crippen LogP contribution is 2.68. The van der Waals surface area contributed by atoms with Crippen molar-refractivity contribution in [3.8, 4) is 5.75 Å². The van der Waals surface area contributed by atoms with Crippen molar-refractivity contribution in [3.05, 3.63) is 38.7 Å². The number of imide groups is 1. The van der Waals surface area contributed by atoms with E-state index in [1.807, 2.05) is 12.1 Å². The first-order chi connectivity index (χ1) is 15.9. The summed E-state index contributed by atoms with van der Waals surface area (Å²) in [5.74, 6) is -0.394. The number of methoxy groups -OCH3 is 2. The molecule has 33 heavy (non-hydrogen) atoms. The van der Waals surface area contributed by atoms with Gasteiger partial charge in [-0.2, -0.15) is 0 Å². The van der Waals surface area contributed by atoms with Crippen molar-refractivity contribution in [2.45, 2.75) is 22.6 Å². The zero-order valence-corrected chi connectivity index (χ0v) is 20.4. The molecule has 1 aromatic carbocycles. The first kappa shape index (κ1) is 21.4. The number of amides is 2. The Kier molecular flexibility index (Phi) is 4.97. The van der Waals surface area contributed by atoms with Crippen LogP contribution < -0.4 is 4.74 Å². The van der Waals surface area contributed by atoms with E-state index < -0.39 is 5.97 Å². The van der Waals surface area contributed by atoms with Gasteiger partial charge in [-0.1, -0.05) is 12.1 Å². The molecule has 0 spiro atoms. The molecular weight excluding hydrogens is 480 g/mol. The number of hydrogen-bond donors (Lipinski definition) is 1. The van der Waals surface area contributed by atoms with Gasteiger partial charge in [-0.3, -0.25) is 19.3 Å². The van der Waals surface area contributed by atoms with Gasteiger partial charge >= 0.3 is 5.97 Å². The van der Waals surface area contributed by atoms with E-state index >= 15 is 0 Å². The summed E-state index contributed by atoms with van der Waals surface area (Å²) in [5.41, 5.74) is 1.17. The van der Waals surface area contributed by atoms with Crippen molar-refractivity contribution >= 4 is 53.1 Å². The third-order valence-electron chi connectivity index (χ3n) is 7.81. The second-order valence-electron chi connectivity index (χ2n) is 9.07. The normalized spacial score (nSPS) is 33.6. The number of hydrogen-bond acceptors (Lipinski definition) is 8. The number of nitrogens with zero attached hydrogens (tertiary/aromatic N) is 1. The highest BCUT2D eigenvalue weighted by molar-refractivity contribution is 8.00. The number of aromatic nitrogens is 1. The molecular formula is C23H22N2O5S3. The van der Waals surface area contributed by atoms with Crippen LogP contribution in [0.15, 0.2) is 29.3 Å². The highest BCUT2D eigenvalue weighted by Gasteiger charge is 2.69. The number of fused-ring (bicyclic) bond motifs is 9. The summed E-state index contributed by atoms with van der Waals surface area (Å²) in [7, 11) is 2.92. The van der Waals surface area contributed by atoms with E-state index in [4.69, 9.17) is 21.7 Å². The Hall–Kier alpha value is -2.17. The minimum atomic E-state index is -0.568. The molecule has 1 N–H and O–H groups in total. The quantitative estimate of drug-likeness (QED) is 0.389. The van der Waals surface area contributed by atoms with E-state index in [9.17, 15) is 14.4 Å². The number of aromatic amines is 1. The molecule has 2 saturated carbocycles. The van der Waals surface area contributed by atoms with Crippen LogP contribution in [0.25, 0.3) is 0 Å². The Bertz CT molecular complexity index is 1220. The Morgan fingerprint density at radius 2 is 1.85 bits per heavy atom. The lowest BCUT2D eigenvalue weighted by Gasteiger charge is -2.43. The summed E-state index contributed by atoms with van der Waals surface area (Å²) in [6, 6.07) is 8.13. The van der Waals surface area contributed by atoms with Crippen LogP contribution in [0.5, 0.6) is 5.75 Å². The topological polar surface area (TPSA) is 88.7 Å². The number of carbonyl (C=O) groups excluding carboxylic acids is 3. The molecule has 2 aliphatic carbocycles. The van der Waals surface area contributed by atoms with Gasteiger partial charge in [0.05, 0.1) is 31.1 Å². The number of thioether (sulfide) groups is 1. The first-order valence-corrected chi connectivity index (χ1v) is 13.0. The average molecular weight is 503 g/mol. The molecule has 1 aromatic heterocycles. The number of rotatable bonds is 4. The predicted molar refractivity (Wildman–Crippen MR) is 125 cm³/mol. The molecule has 0 radical (unpaired) electrons. The minimum absolute atomic E-state index is 0.0903. The standard InChI is InChI=1S/C23H22N2O5S3/c1-29-10-5-3-9(4-6-10)14-15-11-7-12(18(15)32-20-19(14)33-23(31)24-20)17-16(11)21(27)25(22(17)28)8-13(26)30-2/h3-6,11-12,14-18H,7-8H2,1-2H3,(H,24,31). The van der Waals surface area contributed by atoms with Crippen LogP contribution in [-0.2, 0) is 19.1 Å². The molecule has 3 heterocycles. The van der Waals surface area contributed by atoms with E-state index in [1.165, 1.54) is 17.6 Å². The number of ether oxygens (including phenoxy) is 2. The number of thiazole rings is 1. The van der Waals surface area contributed by atoms with Gasteiger partial charge in [0.1, 0.15) is 12.3 Å². The molecule has 1 saturated heterocycles. The molecule has 2 aliphatic heterocycles. The zero-order valence-electron chi connectivity index (χ0n) is 18.0. The summed E-state index contributed by atoms with van der Waals surface area (Å²) >= 11 is 8.87. The van der Waals surface area contributed by atoms with Crippen LogP contribution in [0.1, 0.15) is 22.8 Å². The van der Waals surface area contributed by atoms with Gasteiger partial charge in [-0.25, -0.2) is 0 Å². The smallest absolute Gasteiger partial charge is 0.325 e. The maximum absolute atomic E-state index is 13.3. The molecule has 7 atom stereocenters. The van der Waals surface area contributed by atoms with Gasteiger partial charge in [-0.15, -0.1) is 23.1 Å². The van der Waals surface area contributed by atoms with Crippen LogP contribution in [0, 0.1) is 33.5 Å². The summed E-state index contributed by atoms with van der Waals surface area (Å²) in [4.78, 5) is 44.1. The molecule has 2 amide bonds. The number of H-pyrrole nitrogens is 1. The van der Waals surface area contributed by atoms with Gasteiger partial charge in [-0.05, 0) is 54.1 Å². The van der Waals surface area contributed by atoms with Crippen LogP contribution in [0.4, 0.5) is 0 Å². The van der Waals surface area contributed by atoms with Crippen LogP contribution in [-0.4, -0.2) is 53.7 Å². The number of benzene rings is 1. The molecule has 172 valence electrons. The van der Waals surface area contributed by atoms with Crippen molar-refractivity contribution in [3.63, 3.8) is 0 Å². The van der Waals surface area contributed by atoms with Crippen LogP contribution in [0.3, 0.4) is 0 Å². The van der Waals surface area contributed by atoms with Crippen LogP contribution >= 0.6 is 35.3 Å². The second kappa shape index (κ2) is 7.68. The third kappa shape index (κ3) is 2.99. The maximum atomic E-state index is 13.3. The van der Waals surface area contributed by atoms with E-state index in [0.29, 0.717) is 0 Å². The Morgan fingerprint density at radius 1 is 1.15 bits per heavy atom. The lowest BCUT2D eigenvalue weighted by Crippen LogP contribution is -2.42. The Labute approximate surface area is 203 Å². The fourth-order valence-electron chi connectivity index (χ4n) is 6.61. The SMILES string of the molecule is COC(=O)CN1C(=O)C2C3CC(C2C1=O)C1C(c2ccc(OC)cc2)c2sc(=S)[nH]c2SC31. The van der Waals surface area contributed by atoms with Crippen molar-refractivity contribution in [1.29, 1.82) is 0 Å². The highest BCUT2D eigenvalue weighted by atomic mass is 32.2. The van der Waals surface area contributed by atoms with Gasteiger partial charge in [0.2, 0.25) is 11.8 Å². The van der Waals surface area contributed by atoms with E-state index in [-0.39, 0.29) is 59.1 Å². The van der Waals surface area contributed by atoms with Crippen molar-refractivity contribution in [1.82, 2.24) is 9.88 Å². The minimum Gasteiger partial charge on any atom is -0.497 e. The molecule has 6 rings (SSSR count). The number of nitrogens with one attached hydrogen (secondary N) is 1. The first-order valence-electron chi connectivity index (χ1n) is 10.9. The molecule has 2 bridgehead atoms. The molecule has 10 heteroatoms. The summed E-state index contributed by atoms with van der Waals surface area (Å²) in [6.07, 6.45) is 0.865. The predicted octanol–water partition coefficient (Wildman–Crippen LogP) is 3.46. The third-order valence-corrected chi connectivity index (χ3v) is 10.7. The fourth-order valence-corrected chi connectivity index (χ4v) is 9.95. The second-order valence-corrected chi connectivity index (χ2v) is 12.0. The van der Waals surface area contributed by atoms with Gasteiger partial charge < -0.3 is 14.5 Å². The van der Waals surface area contributed by atoms with Crippen LogP contribution in [0.2, 0.25) is 0 Å².